The Morgan fingerprint density at radius 3 is 2.35 bits per heavy atom. The lowest BCUT2D eigenvalue weighted by molar-refractivity contribution is -0.139. The molecule has 2 aromatic rings. The molecule has 0 aliphatic carbocycles. The molecule has 1 unspecified atom stereocenters. The van der Waals surface area contributed by atoms with Gasteiger partial charge in [0.25, 0.3) is 11.7 Å². The molecule has 0 saturated carbocycles. The van der Waals surface area contributed by atoms with Crippen LogP contribution in [-0.4, -0.2) is 35.4 Å². The summed E-state index contributed by atoms with van der Waals surface area (Å²) < 4.78 is 5.50. The van der Waals surface area contributed by atoms with Crippen LogP contribution in [0, 0.1) is 0 Å². The fourth-order valence-electron chi connectivity index (χ4n) is 4.02. The number of carbonyl (C=O) groups excluding carboxylic acids is 2. The summed E-state index contributed by atoms with van der Waals surface area (Å²) in [6.07, 6.45) is 1.69. The van der Waals surface area contributed by atoms with Gasteiger partial charge in [0.2, 0.25) is 0 Å². The Morgan fingerprint density at radius 2 is 1.77 bits per heavy atom. The highest BCUT2D eigenvalue weighted by Crippen LogP contribution is 2.41. The Labute approximate surface area is 184 Å². The molecule has 164 valence electrons. The first-order valence-electron chi connectivity index (χ1n) is 10.7. The molecule has 1 saturated heterocycles. The Balaban J connectivity index is 2.19. The van der Waals surface area contributed by atoms with Gasteiger partial charge in [-0.2, -0.15) is 0 Å². The quantitative estimate of drug-likeness (QED) is 0.395. The second-order valence-corrected chi connectivity index (χ2v) is 8.92. The zero-order valence-corrected chi connectivity index (χ0v) is 18.9. The van der Waals surface area contributed by atoms with Crippen LogP contribution < -0.4 is 4.74 Å². The van der Waals surface area contributed by atoms with E-state index in [0.717, 1.165) is 24.0 Å². The Bertz CT molecular complexity index is 1000. The first-order chi connectivity index (χ1) is 14.7. The number of Topliss-reactive ketones (excluding diaryl/α,β-unsaturated/α-hetero) is 1. The number of amides is 1. The average Bonchev–Trinajstić information content (AvgIpc) is 3.01. The number of ether oxygens (including phenoxy) is 1. The predicted molar refractivity (Wildman–Crippen MR) is 122 cm³/mol. The molecule has 1 aliphatic heterocycles. The van der Waals surface area contributed by atoms with Crippen LogP contribution in [0.4, 0.5) is 0 Å². The molecular weight excluding hydrogens is 390 g/mol. The Kier molecular flexibility index (Phi) is 6.54. The van der Waals surface area contributed by atoms with Crippen molar-refractivity contribution in [2.24, 2.45) is 0 Å². The second-order valence-electron chi connectivity index (χ2n) is 8.92. The van der Waals surface area contributed by atoms with Crippen LogP contribution >= 0.6 is 0 Å². The number of methoxy groups -OCH3 is 1. The molecule has 3 rings (SSSR count). The number of aliphatic hydroxyl groups excluding tert-OH is 1. The molecule has 0 bridgehead atoms. The molecular formula is C26H31NO4. The maximum Gasteiger partial charge on any atom is 0.295 e. The highest BCUT2D eigenvalue weighted by Gasteiger charge is 2.45. The number of carbonyl (C=O) groups is 2. The molecule has 1 N–H and O–H groups in total. The van der Waals surface area contributed by atoms with Gasteiger partial charge in [-0.3, -0.25) is 9.59 Å². The van der Waals surface area contributed by atoms with Gasteiger partial charge in [0.15, 0.2) is 0 Å². The van der Waals surface area contributed by atoms with Gasteiger partial charge in [0, 0.05) is 17.7 Å². The minimum Gasteiger partial charge on any atom is -0.507 e. The van der Waals surface area contributed by atoms with Crippen molar-refractivity contribution in [2.45, 2.75) is 52.0 Å². The van der Waals surface area contributed by atoms with Crippen LogP contribution in [-0.2, 0) is 15.0 Å². The van der Waals surface area contributed by atoms with E-state index in [1.54, 1.807) is 24.1 Å². The second kappa shape index (κ2) is 8.96. The van der Waals surface area contributed by atoms with Gasteiger partial charge in [-0.25, -0.2) is 0 Å². The van der Waals surface area contributed by atoms with E-state index in [1.807, 2.05) is 43.3 Å². The van der Waals surface area contributed by atoms with E-state index in [4.69, 9.17) is 4.74 Å². The van der Waals surface area contributed by atoms with Gasteiger partial charge in [0.05, 0.1) is 18.7 Å². The molecule has 1 aliphatic rings. The van der Waals surface area contributed by atoms with Crippen molar-refractivity contribution in [3.63, 3.8) is 0 Å². The van der Waals surface area contributed by atoms with Crippen LogP contribution in [0.15, 0.2) is 54.1 Å². The van der Waals surface area contributed by atoms with Gasteiger partial charge in [-0.05, 0) is 35.6 Å². The molecule has 5 heteroatoms. The average molecular weight is 422 g/mol. The highest BCUT2D eigenvalue weighted by molar-refractivity contribution is 6.46. The monoisotopic (exact) mass is 421 g/mol. The standard InChI is InChI=1S/C26H31NO4/c1-6-7-15-27-22(17-11-9-8-10-12-17)21(24(29)25(27)30)23(28)18-13-14-20(31-5)19(16-18)26(2,3)4/h8-14,16,22,28H,6-7,15H2,1-5H3/b23-21-. The van der Waals surface area contributed by atoms with Crippen LogP contribution in [0.2, 0.25) is 0 Å². The zero-order chi connectivity index (χ0) is 22.8. The Morgan fingerprint density at radius 1 is 1.10 bits per heavy atom. The molecule has 1 amide bonds. The van der Waals surface area contributed by atoms with E-state index < -0.39 is 17.7 Å². The number of hydrogen-bond donors (Lipinski definition) is 1. The molecule has 2 aromatic carbocycles. The number of hydrogen-bond acceptors (Lipinski definition) is 4. The number of ketones is 1. The third-order valence-electron chi connectivity index (χ3n) is 5.69. The Hall–Kier alpha value is -3.08. The largest absolute Gasteiger partial charge is 0.507 e. The summed E-state index contributed by atoms with van der Waals surface area (Å²) in [4.78, 5) is 27.5. The topological polar surface area (TPSA) is 66.8 Å². The van der Waals surface area contributed by atoms with E-state index in [9.17, 15) is 14.7 Å². The number of rotatable bonds is 6. The van der Waals surface area contributed by atoms with Gasteiger partial charge >= 0.3 is 0 Å². The van der Waals surface area contributed by atoms with Crippen molar-refractivity contribution >= 4 is 17.4 Å². The molecule has 0 aromatic heterocycles. The third kappa shape index (κ3) is 4.36. The molecule has 0 radical (unpaired) electrons. The number of benzene rings is 2. The van der Waals surface area contributed by atoms with Gasteiger partial charge in [-0.15, -0.1) is 0 Å². The van der Waals surface area contributed by atoms with E-state index >= 15 is 0 Å². The van der Waals surface area contributed by atoms with Crippen molar-refractivity contribution in [1.82, 2.24) is 4.90 Å². The first kappa shape index (κ1) is 22.6. The summed E-state index contributed by atoms with van der Waals surface area (Å²) in [6.45, 7) is 8.68. The molecule has 1 atom stereocenters. The fraction of sp³-hybridized carbons (Fsp3) is 0.385. The van der Waals surface area contributed by atoms with Crippen LogP contribution in [0.25, 0.3) is 5.76 Å². The number of unbranched alkanes of at least 4 members (excludes halogenated alkanes) is 1. The minimum atomic E-state index is -0.643. The lowest BCUT2D eigenvalue weighted by Crippen LogP contribution is -2.30. The number of likely N-dealkylation sites (tertiary alicyclic amines) is 1. The maximum absolute atomic E-state index is 13.0. The van der Waals surface area contributed by atoms with Crippen LogP contribution in [0.1, 0.15) is 63.3 Å². The van der Waals surface area contributed by atoms with E-state index in [0.29, 0.717) is 17.9 Å². The summed E-state index contributed by atoms with van der Waals surface area (Å²) in [5, 5.41) is 11.3. The maximum atomic E-state index is 13.0. The van der Waals surface area contributed by atoms with Crippen LogP contribution in [0.5, 0.6) is 5.75 Å². The summed E-state index contributed by atoms with van der Waals surface area (Å²) in [5.41, 5.74) is 2.13. The van der Waals surface area contributed by atoms with Gasteiger partial charge < -0.3 is 14.7 Å². The predicted octanol–water partition coefficient (Wildman–Crippen LogP) is 5.21. The van der Waals surface area contributed by atoms with Crippen LogP contribution in [0.3, 0.4) is 0 Å². The summed E-state index contributed by atoms with van der Waals surface area (Å²) in [5.74, 6) is -0.643. The first-order valence-corrected chi connectivity index (χ1v) is 10.7. The normalized spacial score (nSPS) is 18.5. The van der Waals surface area contributed by atoms with E-state index in [1.165, 1.54) is 0 Å². The zero-order valence-electron chi connectivity index (χ0n) is 18.9. The smallest absolute Gasteiger partial charge is 0.295 e. The summed E-state index contributed by atoms with van der Waals surface area (Å²) >= 11 is 0. The van der Waals surface area contributed by atoms with Crippen molar-refractivity contribution < 1.29 is 19.4 Å². The number of nitrogens with zero attached hydrogens (tertiary/aromatic N) is 1. The lowest BCUT2D eigenvalue weighted by atomic mass is 9.84. The van der Waals surface area contributed by atoms with E-state index in [2.05, 4.69) is 20.8 Å². The lowest BCUT2D eigenvalue weighted by Gasteiger charge is -2.26. The summed E-state index contributed by atoms with van der Waals surface area (Å²) in [7, 11) is 1.61. The van der Waals surface area contributed by atoms with Crippen molar-refractivity contribution in [3.05, 3.63) is 70.8 Å². The summed E-state index contributed by atoms with van der Waals surface area (Å²) in [6, 6.07) is 14.2. The molecule has 1 fully saturated rings. The van der Waals surface area contributed by atoms with Crippen molar-refractivity contribution in [2.75, 3.05) is 13.7 Å². The fourth-order valence-corrected chi connectivity index (χ4v) is 4.02. The molecule has 0 spiro atoms. The molecule has 1 heterocycles. The van der Waals surface area contributed by atoms with Gasteiger partial charge in [-0.1, -0.05) is 64.4 Å². The number of aliphatic hydroxyl groups is 1. The van der Waals surface area contributed by atoms with E-state index in [-0.39, 0.29) is 16.7 Å². The minimum absolute atomic E-state index is 0.136. The molecule has 31 heavy (non-hydrogen) atoms. The highest BCUT2D eigenvalue weighted by atomic mass is 16.5. The van der Waals surface area contributed by atoms with Crippen molar-refractivity contribution in [3.8, 4) is 5.75 Å². The van der Waals surface area contributed by atoms with Crippen molar-refractivity contribution in [1.29, 1.82) is 0 Å². The third-order valence-corrected chi connectivity index (χ3v) is 5.69. The van der Waals surface area contributed by atoms with Gasteiger partial charge in [0.1, 0.15) is 11.5 Å². The molecule has 5 nitrogen and oxygen atoms in total. The SMILES string of the molecule is CCCCN1C(=O)C(=O)/C(=C(\O)c2ccc(OC)c(C(C)(C)C)c2)C1c1ccccc1.